The van der Waals surface area contributed by atoms with Gasteiger partial charge in [-0.1, -0.05) is 29.3 Å². The fraction of sp³-hybridized carbons (Fsp3) is 0.375. The van der Waals surface area contributed by atoms with E-state index in [2.05, 4.69) is 21.2 Å². The molecule has 0 heterocycles. The summed E-state index contributed by atoms with van der Waals surface area (Å²) in [6.45, 7) is 2.59. The summed E-state index contributed by atoms with van der Waals surface area (Å²) in [4.78, 5) is 12.0. The normalized spacial score (nSPS) is 10.8. The lowest BCUT2D eigenvalue weighted by Crippen LogP contribution is -2.25. The molecule has 0 spiro atoms. The predicted molar refractivity (Wildman–Crippen MR) is 88.8 cm³/mol. The second-order valence-corrected chi connectivity index (χ2v) is 5.36. The van der Waals surface area contributed by atoms with Crippen LogP contribution in [-0.2, 0) is 4.79 Å². The van der Waals surface area contributed by atoms with Crippen LogP contribution in [0.25, 0.3) is 6.08 Å². The van der Waals surface area contributed by atoms with Crippen molar-refractivity contribution in [2.75, 3.05) is 20.8 Å². The fourth-order valence-corrected chi connectivity index (χ4v) is 2.20. The zero-order valence-electron chi connectivity index (χ0n) is 12.9. The number of carbonyl (C=O) groups is 1. The zero-order chi connectivity index (χ0) is 16.5. The maximum atomic E-state index is 12.0. The number of benzene rings is 1. The molecule has 0 aliphatic heterocycles. The number of amides is 1. The van der Waals surface area contributed by atoms with Crippen LogP contribution >= 0.6 is 15.9 Å². The molecule has 118 valence electrons. The monoisotopic (exact) mass is 366 g/mol. The van der Waals surface area contributed by atoms with Crippen LogP contribution in [-0.4, -0.2) is 26.7 Å². The highest BCUT2D eigenvalue weighted by molar-refractivity contribution is 9.10. The number of ether oxygens (including phenoxy) is 2. The van der Waals surface area contributed by atoms with Crippen molar-refractivity contribution in [3.8, 4) is 17.6 Å². The van der Waals surface area contributed by atoms with Gasteiger partial charge in [-0.2, -0.15) is 5.26 Å². The van der Waals surface area contributed by atoms with Gasteiger partial charge in [0.1, 0.15) is 11.6 Å². The second-order valence-electron chi connectivity index (χ2n) is 4.51. The van der Waals surface area contributed by atoms with E-state index in [-0.39, 0.29) is 11.5 Å². The Kier molecular flexibility index (Phi) is 7.47. The Bertz CT molecular complexity index is 606. The van der Waals surface area contributed by atoms with Crippen LogP contribution < -0.4 is 14.8 Å². The molecule has 22 heavy (non-hydrogen) atoms. The van der Waals surface area contributed by atoms with Gasteiger partial charge in [-0.25, -0.2) is 0 Å². The number of nitrogens with zero attached hydrogens (tertiary/aromatic N) is 1. The van der Waals surface area contributed by atoms with Gasteiger partial charge in [0.25, 0.3) is 5.91 Å². The molecule has 1 N–H and O–H groups in total. The van der Waals surface area contributed by atoms with Crippen molar-refractivity contribution >= 4 is 27.9 Å². The fourth-order valence-electron chi connectivity index (χ4n) is 1.76. The van der Waals surface area contributed by atoms with Crippen LogP contribution in [0.4, 0.5) is 0 Å². The summed E-state index contributed by atoms with van der Waals surface area (Å²) in [6, 6.07) is 5.37. The highest BCUT2D eigenvalue weighted by Crippen LogP contribution is 2.34. The van der Waals surface area contributed by atoms with Crippen LogP contribution in [0.1, 0.15) is 25.3 Å². The van der Waals surface area contributed by atoms with Crippen LogP contribution in [0.5, 0.6) is 11.5 Å². The van der Waals surface area contributed by atoms with Crippen molar-refractivity contribution in [2.24, 2.45) is 0 Å². The van der Waals surface area contributed by atoms with E-state index >= 15 is 0 Å². The predicted octanol–water partition coefficient (Wildman–Crippen LogP) is 3.29. The highest BCUT2D eigenvalue weighted by atomic mass is 79.9. The molecule has 0 aliphatic carbocycles. The molecule has 0 fully saturated rings. The average molecular weight is 367 g/mol. The number of nitriles is 1. The summed E-state index contributed by atoms with van der Waals surface area (Å²) in [5, 5.41) is 11.9. The Morgan fingerprint density at radius 2 is 2.00 bits per heavy atom. The molecule has 0 radical (unpaired) electrons. The van der Waals surface area contributed by atoms with Crippen molar-refractivity contribution in [3.63, 3.8) is 0 Å². The summed E-state index contributed by atoms with van der Waals surface area (Å²) in [5.41, 5.74) is 0.712. The molecule has 0 saturated heterocycles. The van der Waals surface area contributed by atoms with Crippen molar-refractivity contribution in [3.05, 3.63) is 27.7 Å². The van der Waals surface area contributed by atoms with E-state index in [0.717, 1.165) is 12.8 Å². The van der Waals surface area contributed by atoms with Gasteiger partial charge >= 0.3 is 0 Å². The highest BCUT2D eigenvalue weighted by Gasteiger charge is 2.12. The van der Waals surface area contributed by atoms with Gasteiger partial charge in [0.15, 0.2) is 11.5 Å². The number of halogens is 1. The van der Waals surface area contributed by atoms with E-state index in [0.29, 0.717) is 28.1 Å². The average Bonchev–Trinajstić information content (AvgIpc) is 2.53. The molecule has 0 aromatic heterocycles. The Morgan fingerprint density at radius 3 is 2.55 bits per heavy atom. The first-order valence-corrected chi connectivity index (χ1v) is 7.68. The number of methoxy groups -OCH3 is 2. The molecule has 6 heteroatoms. The first-order valence-electron chi connectivity index (χ1n) is 6.88. The molecule has 0 saturated carbocycles. The van der Waals surface area contributed by atoms with Crippen molar-refractivity contribution in [1.29, 1.82) is 5.26 Å². The lowest BCUT2D eigenvalue weighted by Gasteiger charge is -2.10. The van der Waals surface area contributed by atoms with Crippen LogP contribution in [0.3, 0.4) is 0 Å². The van der Waals surface area contributed by atoms with E-state index < -0.39 is 0 Å². The summed E-state index contributed by atoms with van der Waals surface area (Å²) in [7, 11) is 3.07. The van der Waals surface area contributed by atoms with Gasteiger partial charge in [-0.05, 0) is 30.2 Å². The number of unbranched alkanes of at least 4 members (excludes halogenated alkanes) is 1. The first kappa shape index (κ1) is 18.1. The molecule has 1 rings (SSSR count). The van der Waals surface area contributed by atoms with E-state index in [1.165, 1.54) is 13.2 Å². The Labute approximate surface area is 139 Å². The number of hydrogen-bond acceptors (Lipinski definition) is 4. The van der Waals surface area contributed by atoms with Gasteiger partial charge in [-0.15, -0.1) is 0 Å². The number of carbonyl (C=O) groups excluding carboxylic acids is 1. The quantitative estimate of drug-likeness (QED) is 0.456. The van der Waals surface area contributed by atoms with Gasteiger partial charge in [0, 0.05) is 11.0 Å². The van der Waals surface area contributed by atoms with E-state index in [9.17, 15) is 10.1 Å². The van der Waals surface area contributed by atoms with E-state index in [1.54, 1.807) is 19.2 Å². The molecule has 1 amide bonds. The third-order valence-electron chi connectivity index (χ3n) is 2.98. The Hall–Kier alpha value is -2.00. The maximum Gasteiger partial charge on any atom is 0.261 e. The second kappa shape index (κ2) is 9.11. The summed E-state index contributed by atoms with van der Waals surface area (Å²) in [6.07, 6.45) is 3.38. The Morgan fingerprint density at radius 1 is 1.36 bits per heavy atom. The SMILES string of the molecule is CCCCNC(=O)C(C#N)=Cc1cc(OC)c(OC)cc1Br. The van der Waals surface area contributed by atoms with Gasteiger partial charge in [0.2, 0.25) is 0 Å². The number of hydrogen-bond donors (Lipinski definition) is 1. The number of nitrogens with one attached hydrogen (secondary N) is 1. The molecule has 0 unspecified atom stereocenters. The minimum Gasteiger partial charge on any atom is -0.493 e. The van der Waals surface area contributed by atoms with E-state index in [1.807, 2.05) is 13.0 Å². The first-order chi connectivity index (χ1) is 10.6. The maximum absolute atomic E-state index is 12.0. The van der Waals surface area contributed by atoms with Crippen LogP contribution in [0.2, 0.25) is 0 Å². The van der Waals surface area contributed by atoms with Crippen molar-refractivity contribution in [1.82, 2.24) is 5.32 Å². The summed E-state index contributed by atoms with van der Waals surface area (Å²) < 4.78 is 11.1. The van der Waals surface area contributed by atoms with Crippen LogP contribution in [0, 0.1) is 11.3 Å². The Balaban J connectivity index is 3.07. The van der Waals surface area contributed by atoms with Gasteiger partial charge in [0.05, 0.1) is 14.2 Å². The van der Waals surface area contributed by atoms with Gasteiger partial charge in [-0.3, -0.25) is 4.79 Å². The van der Waals surface area contributed by atoms with Crippen molar-refractivity contribution < 1.29 is 14.3 Å². The van der Waals surface area contributed by atoms with Gasteiger partial charge < -0.3 is 14.8 Å². The lowest BCUT2D eigenvalue weighted by atomic mass is 10.1. The third kappa shape index (κ3) is 4.78. The molecule has 1 aromatic rings. The summed E-state index contributed by atoms with van der Waals surface area (Å²) in [5.74, 6) is 0.718. The van der Waals surface area contributed by atoms with Crippen molar-refractivity contribution in [2.45, 2.75) is 19.8 Å². The molecule has 0 atom stereocenters. The zero-order valence-corrected chi connectivity index (χ0v) is 14.5. The topological polar surface area (TPSA) is 71.4 Å². The molecular formula is C16H19BrN2O3. The molecule has 0 bridgehead atoms. The smallest absolute Gasteiger partial charge is 0.261 e. The van der Waals surface area contributed by atoms with E-state index in [4.69, 9.17) is 9.47 Å². The third-order valence-corrected chi connectivity index (χ3v) is 3.67. The largest absolute Gasteiger partial charge is 0.493 e. The minimum absolute atomic E-state index is 0.0454. The molecule has 1 aromatic carbocycles. The van der Waals surface area contributed by atoms with Crippen LogP contribution in [0.15, 0.2) is 22.2 Å². The standard InChI is InChI=1S/C16H19BrN2O3/c1-4-5-6-19-16(20)12(10-18)7-11-8-14(21-2)15(22-3)9-13(11)17/h7-9H,4-6H2,1-3H3,(H,19,20). The lowest BCUT2D eigenvalue weighted by molar-refractivity contribution is -0.117. The number of rotatable bonds is 7. The minimum atomic E-state index is -0.377. The molecule has 5 nitrogen and oxygen atoms in total. The molecule has 0 aliphatic rings. The summed E-state index contributed by atoms with van der Waals surface area (Å²) >= 11 is 3.40. The molecular weight excluding hydrogens is 348 g/mol.